The summed E-state index contributed by atoms with van der Waals surface area (Å²) in [7, 11) is 0. The maximum absolute atomic E-state index is 11.3. The topological polar surface area (TPSA) is 88.7 Å². The van der Waals surface area contributed by atoms with Gasteiger partial charge in [-0.05, 0) is 75.3 Å². The first-order chi connectivity index (χ1) is 19.4. The number of aliphatic hydroxyl groups excluding tert-OH is 1. The summed E-state index contributed by atoms with van der Waals surface area (Å²) in [6.07, 6.45) is 17.4. The zero-order chi connectivity index (χ0) is 28.7. The number of allylic oxidation sites excluding steroid dienone is 7. The summed E-state index contributed by atoms with van der Waals surface area (Å²) in [4.78, 5) is 24.4. The Morgan fingerprint density at radius 1 is 1.15 bits per heavy atom. The third-order valence-electron chi connectivity index (χ3n) is 6.66. The van der Waals surface area contributed by atoms with Gasteiger partial charge in [-0.2, -0.15) is 0 Å². The zero-order valence-corrected chi connectivity index (χ0v) is 24.1. The fourth-order valence-electron chi connectivity index (χ4n) is 4.53. The fraction of sp³-hybridized carbons (Fsp3) is 0.406. The van der Waals surface area contributed by atoms with Crippen LogP contribution in [0.3, 0.4) is 0 Å². The van der Waals surface area contributed by atoms with Crippen LogP contribution in [0, 0.1) is 11.8 Å². The van der Waals surface area contributed by atoms with E-state index in [1.165, 1.54) is 0 Å². The average molecular weight is 563 g/mol. The predicted octanol–water partition coefficient (Wildman–Crippen LogP) is 6.67. The standard InChI is InChI=1S/C32H39ClN4O3/c1-3-11-27(33)30(12-4-2)36-19-21-37(22-20-36)32(40)26-16-17-28(35-24-25-13-7-5-8-14-25)29(23-26)34-18-10-6-9-15-31(38)39/h4,7,12-14,16-18,23-24,32,40H,5-6,8-10,15,19-22H2,1-2H3,(H,38,39)/b12-4-,30-27-,34-18?,35-24?. The largest absolute Gasteiger partial charge is 0.481 e. The Kier molecular flexibility index (Phi) is 12.9. The first-order valence-corrected chi connectivity index (χ1v) is 14.2. The van der Waals surface area contributed by atoms with Crippen LogP contribution in [0.5, 0.6) is 0 Å². The highest BCUT2D eigenvalue weighted by atomic mass is 35.5. The Labute approximate surface area is 243 Å². The molecule has 1 aliphatic heterocycles. The van der Waals surface area contributed by atoms with Gasteiger partial charge in [0.1, 0.15) is 11.3 Å². The molecule has 1 unspecified atom stereocenters. The van der Waals surface area contributed by atoms with E-state index in [1.807, 2.05) is 54.6 Å². The molecular formula is C32H39ClN4O3. The molecule has 1 saturated heterocycles. The summed E-state index contributed by atoms with van der Waals surface area (Å²) in [5.74, 6) is 5.02. The maximum atomic E-state index is 11.3. The minimum absolute atomic E-state index is 0.158. The summed E-state index contributed by atoms with van der Waals surface area (Å²) in [6.45, 7) is 6.47. The number of unbranched alkanes of at least 4 members (excludes halogenated alkanes) is 2. The smallest absolute Gasteiger partial charge is 0.303 e. The number of hydrogen-bond acceptors (Lipinski definition) is 6. The number of carboxylic acids is 1. The fourth-order valence-corrected chi connectivity index (χ4v) is 4.81. The van der Waals surface area contributed by atoms with Crippen molar-refractivity contribution in [2.45, 2.75) is 58.6 Å². The normalized spacial score (nSPS) is 17.7. The number of carbonyl (C=O) groups is 1. The van der Waals surface area contributed by atoms with Crippen LogP contribution in [0.15, 0.2) is 74.9 Å². The molecule has 0 aromatic heterocycles. The number of aliphatic carboxylic acids is 1. The highest BCUT2D eigenvalue weighted by Gasteiger charge is 2.25. The summed E-state index contributed by atoms with van der Waals surface area (Å²) in [6, 6.07) is 5.69. The van der Waals surface area contributed by atoms with Gasteiger partial charge in [-0.25, -0.2) is 0 Å². The second kappa shape index (κ2) is 16.6. The highest BCUT2D eigenvalue weighted by Crippen LogP contribution is 2.33. The zero-order valence-electron chi connectivity index (χ0n) is 23.4. The molecule has 2 N–H and O–H groups in total. The van der Waals surface area contributed by atoms with Crippen LogP contribution in [0.1, 0.15) is 64.2 Å². The number of carboxylic acid groups (broad SMARTS) is 1. The van der Waals surface area contributed by atoms with Crippen molar-refractivity contribution < 1.29 is 15.0 Å². The van der Waals surface area contributed by atoms with Gasteiger partial charge in [0.25, 0.3) is 0 Å². The SMILES string of the molecule is CC#C/C(Cl)=C(\C=C/C)N1CCN(C(O)c2ccc(N=CC3=CCCC=C3)c(N=CCCCCC(=O)O)c2)CC1. The van der Waals surface area contributed by atoms with Crippen LogP contribution in [0.2, 0.25) is 0 Å². The molecule has 1 atom stereocenters. The molecule has 1 aromatic rings. The van der Waals surface area contributed by atoms with E-state index >= 15 is 0 Å². The van der Waals surface area contributed by atoms with Crippen molar-refractivity contribution in [1.82, 2.24) is 9.80 Å². The third kappa shape index (κ3) is 9.63. The lowest BCUT2D eigenvalue weighted by Crippen LogP contribution is -2.47. The van der Waals surface area contributed by atoms with Crippen molar-refractivity contribution in [1.29, 1.82) is 0 Å². The van der Waals surface area contributed by atoms with Gasteiger partial charge in [0.2, 0.25) is 0 Å². The molecule has 0 saturated carbocycles. The first-order valence-electron chi connectivity index (χ1n) is 13.8. The van der Waals surface area contributed by atoms with E-state index in [1.54, 1.807) is 6.92 Å². The van der Waals surface area contributed by atoms with Crippen LogP contribution in [0.4, 0.5) is 11.4 Å². The summed E-state index contributed by atoms with van der Waals surface area (Å²) >= 11 is 6.44. The van der Waals surface area contributed by atoms with Gasteiger partial charge >= 0.3 is 5.97 Å². The summed E-state index contributed by atoms with van der Waals surface area (Å²) < 4.78 is 0. The minimum atomic E-state index is -0.784. The summed E-state index contributed by atoms with van der Waals surface area (Å²) in [5, 5.41) is 20.6. The molecule has 8 heteroatoms. The number of nitrogens with zero attached hydrogens (tertiary/aromatic N) is 4. The van der Waals surface area contributed by atoms with Crippen molar-refractivity contribution >= 4 is 41.4 Å². The van der Waals surface area contributed by atoms with Crippen LogP contribution < -0.4 is 0 Å². The number of aliphatic hydroxyl groups is 1. The lowest BCUT2D eigenvalue weighted by molar-refractivity contribution is -0.137. The maximum Gasteiger partial charge on any atom is 0.303 e. The molecule has 1 fully saturated rings. The number of benzene rings is 1. The van der Waals surface area contributed by atoms with Crippen molar-refractivity contribution in [3.8, 4) is 11.8 Å². The third-order valence-corrected chi connectivity index (χ3v) is 6.95. The van der Waals surface area contributed by atoms with Gasteiger partial charge < -0.3 is 15.1 Å². The molecule has 7 nitrogen and oxygen atoms in total. The lowest BCUT2D eigenvalue weighted by atomic mass is 10.1. The van der Waals surface area contributed by atoms with Crippen LogP contribution in [-0.4, -0.2) is 64.6 Å². The van der Waals surface area contributed by atoms with Crippen molar-refractivity contribution in [3.63, 3.8) is 0 Å². The molecule has 0 bridgehead atoms. The molecule has 3 rings (SSSR count). The predicted molar refractivity (Wildman–Crippen MR) is 165 cm³/mol. The highest BCUT2D eigenvalue weighted by molar-refractivity contribution is 6.32. The Balaban J connectivity index is 1.74. The molecule has 1 aromatic carbocycles. The van der Waals surface area contributed by atoms with Crippen molar-refractivity contribution in [3.05, 3.63) is 70.4 Å². The molecular weight excluding hydrogens is 524 g/mol. The van der Waals surface area contributed by atoms with Crippen LogP contribution in [0.25, 0.3) is 0 Å². The van der Waals surface area contributed by atoms with Gasteiger partial charge in [0, 0.05) is 45.0 Å². The van der Waals surface area contributed by atoms with E-state index in [0.717, 1.165) is 41.8 Å². The van der Waals surface area contributed by atoms with Gasteiger partial charge in [-0.3, -0.25) is 19.7 Å². The van der Waals surface area contributed by atoms with E-state index in [9.17, 15) is 9.90 Å². The van der Waals surface area contributed by atoms with Crippen molar-refractivity contribution in [2.75, 3.05) is 26.2 Å². The molecule has 0 amide bonds. The number of aliphatic imine (C=N–C) groups is 2. The van der Waals surface area contributed by atoms with E-state index in [0.29, 0.717) is 49.7 Å². The average Bonchev–Trinajstić information content (AvgIpc) is 2.97. The molecule has 212 valence electrons. The molecule has 40 heavy (non-hydrogen) atoms. The Morgan fingerprint density at radius 2 is 1.95 bits per heavy atom. The van der Waals surface area contributed by atoms with E-state index in [2.05, 4.69) is 45.0 Å². The van der Waals surface area contributed by atoms with E-state index in [-0.39, 0.29) is 6.42 Å². The molecule has 2 aliphatic rings. The van der Waals surface area contributed by atoms with Crippen LogP contribution in [-0.2, 0) is 4.79 Å². The minimum Gasteiger partial charge on any atom is -0.481 e. The Morgan fingerprint density at radius 3 is 2.62 bits per heavy atom. The quantitative estimate of drug-likeness (QED) is 0.128. The molecule has 0 spiro atoms. The summed E-state index contributed by atoms with van der Waals surface area (Å²) in [5.41, 5.74) is 4.11. The Bertz CT molecular complexity index is 1260. The lowest BCUT2D eigenvalue weighted by Gasteiger charge is -2.39. The Hall–Kier alpha value is -3.44. The second-order valence-corrected chi connectivity index (χ2v) is 9.99. The van der Waals surface area contributed by atoms with Crippen molar-refractivity contribution in [2.24, 2.45) is 9.98 Å². The first kappa shape index (κ1) is 31.1. The van der Waals surface area contributed by atoms with Gasteiger partial charge in [0.05, 0.1) is 17.1 Å². The van der Waals surface area contributed by atoms with Crippen LogP contribution >= 0.6 is 11.6 Å². The monoisotopic (exact) mass is 562 g/mol. The second-order valence-electron chi connectivity index (χ2n) is 9.61. The van der Waals surface area contributed by atoms with Gasteiger partial charge in [0.15, 0.2) is 0 Å². The molecule has 1 heterocycles. The molecule has 1 aliphatic carbocycles. The number of piperazine rings is 1. The van der Waals surface area contributed by atoms with Gasteiger partial charge in [-0.15, -0.1) is 5.92 Å². The van der Waals surface area contributed by atoms with Gasteiger partial charge in [-0.1, -0.05) is 47.9 Å². The molecule has 0 radical (unpaired) electrons. The van der Waals surface area contributed by atoms with E-state index in [4.69, 9.17) is 16.7 Å². The number of halogens is 1. The number of hydrogen-bond donors (Lipinski definition) is 2. The van der Waals surface area contributed by atoms with E-state index < -0.39 is 12.2 Å². The number of rotatable bonds is 12.